The number of carbonyl (C=O) groups is 1. The molecular weight excluding hydrogens is 407 g/mol. The van der Waals surface area contributed by atoms with Crippen LogP contribution in [0, 0.1) is 5.41 Å². The van der Waals surface area contributed by atoms with E-state index >= 15 is 0 Å². The van der Waals surface area contributed by atoms with Crippen molar-refractivity contribution >= 4 is 35.8 Å². The molecule has 1 aliphatic rings. The standard InChI is InChI=1S/C16H32N4O2.HI/c1-4-10-18-14(21)12-19-15(17-2)20-13-16(9-11-22-3)7-5-6-8-16;/h4-13H2,1-3H3,(H,18,21)(H2,17,19,20);1H. The van der Waals surface area contributed by atoms with Crippen LogP contribution < -0.4 is 16.0 Å². The van der Waals surface area contributed by atoms with Crippen LogP contribution in [0.3, 0.4) is 0 Å². The number of nitrogens with zero attached hydrogens (tertiary/aromatic N) is 1. The number of aliphatic imine (C=N–C) groups is 1. The Bertz CT molecular complexity index is 358. The highest BCUT2D eigenvalue weighted by Crippen LogP contribution is 2.40. The molecule has 1 rings (SSSR count). The highest BCUT2D eigenvalue weighted by molar-refractivity contribution is 14.0. The van der Waals surface area contributed by atoms with Gasteiger partial charge < -0.3 is 20.7 Å². The van der Waals surface area contributed by atoms with E-state index in [0.717, 1.165) is 26.0 Å². The van der Waals surface area contributed by atoms with Crippen LogP contribution in [-0.4, -0.2) is 52.3 Å². The van der Waals surface area contributed by atoms with Crippen LogP contribution in [0.2, 0.25) is 0 Å². The molecule has 23 heavy (non-hydrogen) atoms. The minimum atomic E-state index is -0.000220. The van der Waals surface area contributed by atoms with Gasteiger partial charge in [-0.05, 0) is 31.1 Å². The van der Waals surface area contributed by atoms with Crippen LogP contribution in [0.15, 0.2) is 4.99 Å². The molecule has 0 unspecified atom stereocenters. The van der Waals surface area contributed by atoms with Crippen molar-refractivity contribution in [3.05, 3.63) is 0 Å². The van der Waals surface area contributed by atoms with E-state index in [-0.39, 0.29) is 36.4 Å². The number of carbonyl (C=O) groups excluding carboxylic acids is 1. The Balaban J connectivity index is 0.00000484. The zero-order valence-corrected chi connectivity index (χ0v) is 17.1. The van der Waals surface area contributed by atoms with Gasteiger partial charge in [-0.3, -0.25) is 9.79 Å². The predicted octanol–water partition coefficient (Wildman–Crippen LogP) is 1.89. The van der Waals surface area contributed by atoms with E-state index in [1.165, 1.54) is 25.7 Å². The second-order valence-corrected chi connectivity index (χ2v) is 6.08. The molecule has 1 aliphatic carbocycles. The van der Waals surface area contributed by atoms with Crippen LogP contribution in [0.25, 0.3) is 0 Å². The maximum atomic E-state index is 11.6. The summed E-state index contributed by atoms with van der Waals surface area (Å²) < 4.78 is 5.25. The summed E-state index contributed by atoms with van der Waals surface area (Å²) in [7, 11) is 3.49. The molecule has 0 radical (unpaired) electrons. The topological polar surface area (TPSA) is 74.8 Å². The van der Waals surface area contributed by atoms with Crippen LogP contribution in [-0.2, 0) is 9.53 Å². The highest BCUT2D eigenvalue weighted by Gasteiger charge is 2.33. The first-order valence-electron chi connectivity index (χ1n) is 8.36. The van der Waals surface area contributed by atoms with Crippen LogP contribution in [0.1, 0.15) is 45.4 Å². The third-order valence-electron chi connectivity index (χ3n) is 4.34. The second kappa shape index (κ2) is 12.8. The Labute approximate surface area is 157 Å². The number of guanidine groups is 1. The Kier molecular flexibility index (Phi) is 12.5. The van der Waals surface area contributed by atoms with E-state index in [4.69, 9.17) is 4.74 Å². The molecule has 0 heterocycles. The summed E-state index contributed by atoms with van der Waals surface area (Å²) in [6.45, 7) is 4.69. The molecule has 136 valence electrons. The summed E-state index contributed by atoms with van der Waals surface area (Å²) in [5, 5.41) is 9.29. The molecule has 0 saturated heterocycles. The number of ether oxygens (including phenoxy) is 1. The lowest BCUT2D eigenvalue weighted by atomic mass is 9.83. The first-order valence-corrected chi connectivity index (χ1v) is 8.36. The van der Waals surface area contributed by atoms with Gasteiger partial charge in [0.1, 0.15) is 0 Å². The third-order valence-corrected chi connectivity index (χ3v) is 4.34. The van der Waals surface area contributed by atoms with Crippen LogP contribution in [0.5, 0.6) is 0 Å². The van der Waals surface area contributed by atoms with Crippen molar-refractivity contribution < 1.29 is 9.53 Å². The molecule has 0 aromatic carbocycles. The highest BCUT2D eigenvalue weighted by atomic mass is 127. The summed E-state index contributed by atoms with van der Waals surface area (Å²) in [5.74, 6) is 0.690. The minimum absolute atomic E-state index is 0. The monoisotopic (exact) mass is 440 g/mol. The molecule has 0 spiro atoms. The van der Waals surface area contributed by atoms with Gasteiger partial charge in [-0.25, -0.2) is 0 Å². The molecule has 7 heteroatoms. The van der Waals surface area contributed by atoms with E-state index in [9.17, 15) is 4.79 Å². The number of methoxy groups -OCH3 is 1. The fourth-order valence-electron chi connectivity index (χ4n) is 2.94. The van der Waals surface area contributed by atoms with Gasteiger partial charge in [-0.1, -0.05) is 19.8 Å². The smallest absolute Gasteiger partial charge is 0.239 e. The molecule has 0 aliphatic heterocycles. The van der Waals surface area contributed by atoms with Crippen molar-refractivity contribution in [1.29, 1.82) is 0 Å². The molecule has 6 nitrogen and oxygen atoms in total. The second-order valence-electron chi connectivity index (χ2n) is 6.08. The maximum Gasteiger partial charge on any atom is 0.239 e. The molecule has 0 bridgehead atoms. The molecule has 0 aromatic heterocycles. The molecule has 0 atom stereocenters. The lowest BCUT2D eigenvalue weighted by Gasteiger charge is -2.29. The van der Waals surface area contributed by atoms with Crippen LogP contribution in [0.4, 0.5) is 0 Å². The molecule has 1 amide bonds. The molecule has 1 fully saturated rings. The van der Waals surface area contributed by atoms with Gasteiger partial charge in [0.15, 0.2) is 5.96 Å². The molecule has 1 saturated carbocycles. The predicted molar refractivity (Wildman–Crippen MR) is 105 cm³/mol. The number of rotatable bonds is 9. The number of halogens is 1. The fraction of sp³-hybridized carbons (Fsp3) is 0.875. The van der Waals surface area contributed by atoms with Gasteiger partial charge in [0, 0.05) is 33.9 Å². The van der Waals surface area contributed by atoms with Gasteiger partial charge >= 0.3 is 0 Å². The Morgan fingerprint density at radius 2 is 1.91 bits per heavy atom. The van der Waals surface area contributed by atoms with Crippen molar-refractivity contribution in [3.63, 3.8) is 0 Å². The van der Waals surface area contributed by atoms with Crippen molar-refractivity contribution in [2.24, 2.45) is 10.4 Å². The number of amides is 1. The van der Waals surface area contributed by atoms with Gasteiger partial charge in [0.25, 0.3) is 0 Å². The lowest BCUT2D eigenvalue weighted by molar-refractivity contribution is -0.120. The summed E-state index contributed by atoms with van der Waals surface area (Å²) in [4.78, 5) is 15.8. The molecular formula is C16H33IN4O2. The van der Waals surface area contributed by atoms with Crippen molar-refractivity contribution in [2.45, 2.75) is 45.4 Å². The summed E-state index contributed by atoms with van der Waals surface area (Å²) in [5.41, 5.74) is 0.304. The average Bonchev–Trinajstić information content (AvgIpc) is 3.00. The van der Waals surface area contributed by atoms with Gasteiger partial charge in [-0.2, -0.15) is 0 Å². The normalized spacial score (nSPS) is 16.6. The Morgan fingerprint density at radius 1 is 1.22 bits per heavy atom. The maximum absolute atomic E-state index is 11.6. The van der Waals surface area contributed by atoms with Gasteiger partial charge in [-0.15, -0.1) is 24.0 Å². The van der Waals surface area contributed by atoms with Crippen molar-refractivity contribution in [1.82, 2.24) is 16.0 Å². The Morgan fingerprint density at radius 3 is 2.48 bits per heavy atom. The van der Waals surface area contributed by atoms with Crippen molar-refractivity contribution in [3.8, 4) is 0 Å². The third kappa shape index (κ3) is 8.74. The minimum Gasteiger partial charge on any atom is -0.385 e. The first-order chi connectivity index (χ1) is 10.7. The van der Waals surface area contributed by atoms with Gasteiger partial charge in [0.05, 0.1) is 6.54 Å². The summed E-state index contributed by atoms with van der Waals surface area (Å²) >= 11 is 0. The van der Waals surface area contributed by atoms with E-state index in [1.54, 1.807) is 14.2 Å². The van der Waals surface area contributed by atoms with E-state index in [1.807, 2.05) is 6.92 Å². The SMILES string of the molecule is CCCNC(=O)CNC(=NC)NCC1(CCOC)CCCC1.I. The zero-order valence-electron chi connectivity index (χ0n) is 14.7. The van der Waals surface area contributed by atoms with Gasteiger partial charge in [0.2, 0.25) is 5.91 Å². The lowest BCUT2D eigenvalue weighted by Crippen LogP contribution is -2.46. The zero-order chi connectivity index (χ0) is 16.3. The van der Waals surface area contributed by atoms with E-state index in [0.29, 0.717) is 17.9 Å². The Hall–Kier alpha value is -0.570. The molecule has 0 aromatic rings. The van der Waals surface area contributed by atoms with Crippen LogP contribution >= 0.6 is 24.0 Å². The quantitative estimate of drug-likeness (QED) is 0.291. The van der Waals surface area contributed by atoms with E-state index < -0.39 is 0 Å². The summed E-state index contributed by atoms with van der Waals surface area (Å²) in [6.07, 6.45) is 7.06. The number of hydrogen-bond donors (Lipinski definition) is 3. The van der Waals surface area contributed by atoms with Crippen molar-refractivity contribution in [2.75, 3.05) is 40.4 Å². The largest absolute Gasteiger partial charge is 0.385 e. The number of nitrogens with one attached hydrogen (secondary N) is 3. The first kappa shape index (κ1) is 22.4. The average molecular weight is 440 g/mol. The number of hydrogen-bond acceptors (Lipinski definition) is 3. The molecule has 3 N–H and O–H groups in total. The fourth-order valence-corrected chi connectivity index (χ4v) is 2.94. The summed E-state index contributed by atoms with van der Waals surface area (Å²) in [6, 6.07) is 0. The van der Waals surface area contributed by atoms with E-state index in [2.05, 4.69) is 20.9 Å².